The predicted octanol–water partition coefficient (Wildman–Crippen LogP) is 2.42. The summed E-state index contributed by atoms with van der Waals surface area (Å²) in [7, 11) is 0. The molecule has 0 aliphatic rings. The zero-order chi connectivity index (χ0) is 17.1. The predicted molar refractivity (Wildman–Crippen MR) is 80.7 cm³/mol. The first-order chi connectivity index (χ1) is 9.88. The summed E-state index contributed by atoms with van der Waals surface area (Å²) in [6, 6.07) is 1.37. The van der Waals surface area contributed by atoms with E-state index in [9.17, 15) is 9.59 Å². The number of nitrogens with two attached hydrogens (primary N) is 1. The molecular weight excluding hydrogens is 288 g/mol. The largest absolute Gasteiger partial charge is 0.442 e. The number of ether oxygens (including phenoxy) is 2. The number of amides is 2. The Bertz CT molecular complexity index is 591. The zero-order valence-electron chi connectivity index (χ0n) is 13.7. The number of rotatable bonds is 0. The van der Waals surface area contributed by atoms with Gasteiger partial charge in [-0.2, -0.15) is 9.78 Å². The Hall–Kier alpha value is -2.38. The minimum atomic E-state index is -1.10. The van der Waals surface area contributed by atoms with Crippen LogP contribution in [0.1, 0.15) is 47.2 Å². The van der Waals surface area contributed by atoms with Crippen molar-refractivity contribution in [3.8, 4) is 0 Å². The molecule has 0 aliphatic heterocycles. The highest BCUT2D eigenvalue weighted by molar-refractivity contribution is 5.93. The fraction of sp³-hybridized carbons (Fsp3) is 0.571. The van der Waals surface area contributed by atoms with Crippen molar-refractivity contribution in [1.82, 2.24) is 9.78 Å². The van der Waals surface area contributed by atoms with Crippen LogP contribution in [0.15, 0.2) is 17.3 Å². The molecule has 1 aromatic heterocycles. The van der Waals surface area contributed by atoms with E-state index in [4.69, 9.17) is 15.2 Å². The summed E-state index contributed by atoms with van der Waals surface area (Å²) in [6.45, 7) is 11.0. The molecule has 0 bridgehead atoms. The molecule has 0 saturated heterocycles. The third-order valence-electron chi connectivity index (χ3n) is 2.33. The highest BCUT2D eigenvalue weighted by Crippen LogP contribution is 2.19. The van der Waals surface area contributed by atoms with Gasteiger partial charge in [-0.15, -0.1) is 4.99 Å². The maximum absolute atomic E-state index is 11.7. The Kier molecular flexibility index (Phi) is 4.95. The highest BCUT2D eigenvalue weighted by atomic mass is 16.6. The van der Waals surface area contributed by atoms with Crippen LogP contribution in [0.5, 0.6) is 0 Å². The summed E-state index contributed by atoms with van der Waals surface area (Å²) in [5.74, 6) is 0. The Morgan fingerprint density at radius 1 is 1.23 bits per heavy atom. The number of aliphatic imine (C=N–C) groups is 1. The van der Waals surface area contributed by atoms with Crippen molar-refractivity contribution in [2.45, 2.75) is 52.6 Å². The van der Waals surface area contributed by atoms with Crippen LogP contribution < -0.4 is 5.73 Å². The Morgan fingerprint density at radius 3 is 2.23 bits per heavy atom. The molecule has 0 aromatic carbocycles. The van der Waals surface area contributed by atoms with Crippen molar-refractivity contribution in [2.24, 2.45) is 10.7 Å². The molecule has 0 fully saturated rings. The number of hydrogen-bond donors (Lipinski definition) is 1. The molecule has 122 valence electrons. The molecule has 2 N–H and O–H groups in total. The van der Waals surface area contributed by atoms with Crippen LogP contribution in [0.3, 0.4) is 0 Å². The second kappa shape index (κ2) is 6.17. The van der Waals surface area contributed by atoms with Gasteiger partial charge >= 0.3 is 18.2 Å². The molecule has 1 heterocycles. The molecular formula is C14H22N4O4. The fourth-order valence-electron chi connectivity index (χ4n) is 1.40. The standard InChI is InChI=1S/C14H22N4O4/c1-13(2,3)9-7-8-18(17-9)11(21-10(15)19)16-12(20)22-14(4,5)6/h7-8H,1-6H3,(H2,15,19). The first-order valence-corrected chi connectivity index (χ1v) is 6.74. The molecule has 1 aromatic rings. The van der Waals surface area contributed by atoms with Crippen molar-refractivity contribution in [3.05, 3.63) is 18.0 Å². The minimum Gasteiger partial charge on any atom is -0.442 e. The maximum atomic E-state index is 11.7. The number of nitrogens with zero attached hydrogens (tertiary/aromatic N) is 3. The monoisotopic (exact) mass is 310 g/mol. The zero-order valence-corrected chi connectivity index (χ0v) is 13.7. The second-order valence-corrected chi connectivity index (χ2v) is 6.69. The topological polar surface area (TPSA) is 109 Å². The summed E-state index contributed by atoms with van der Waals surface area (Å²) in [5, 5.41) is 4.23. The number of primary amides is 1. The molecule has 0 saturated carbocycles. The van der Waals surface area contributed by atoms with Crippen LogP contribution in [0, 0.1) is 0 Å². The maximum Gasteiger partial charge on any atom is 0.438 e. The van der Waals surface area contributed by atoms with Gasteiger partial charge in [-0.05, 0) is 26.8 Å². The van der Waals surface area contributed by atoms with Crippen molar-refractivity contribution >= 4 is 18.2 Å². The van der Waals surface area contributed by atoms with Gasteiger partial charge in [-0.25, -0.2) is 9.59 Å². The van der Waals surface area contributed by atoms with Crippen LogP contribution in [0.4, 0.5) is 9.59 Å². The van der Waals surface area contributed by atoms with E-state index in [1.807, 2.05) is 20.8 Å². The van der Waals surface area contributed by atoms with E-state index in [-0.39, 0.29) is 11.4 Å². The molecule has 1 rings (SSSR count). The van der Waals surface area contributed by atoms with Crippen LogP contribution in [0.2, 0.25) is 0 Å². The lowest BCUT2D eigenvalue weighted by atomic mass is 9.93. The van der Waals surface area contributed by atoms with Crippen LogP contribution in [-0.2, 0) is 14.9 Å². The SMILES string of the molecule is CC(C)(C)OC(=O)N=C(OC(N)=O)n1ccc(C(C)(C)C)n1. The summed E-state index contributed by atoms with van der Waals surface area (Å²) >= 11 is 0. The van der Waals surface area contributed by atoms with Crippen LogP contribution in [0.25, 0.3) is 0 Å². The smallest absolute Gasteiger partial charge is 0.438 e. The van der Waals surface area contributed by atoms with Crippen molar-refractivity contribution in [3.63, 3.8) is 0 Å². The molecule has 2 amide bonds. The van der Waals surface area contributed by atoms with Gasteiger partial charge in [0.15, 0.2) is 0 Å². The van der Waals surface area contributed by atoms with Crippen molar-refractivity contribution < 1.29 is 19.1 Å². The third-order valence-corrected chi connectivity index (χ3v) is 2.33. The summed E-state index contributed by atoms with van der Waals surface area (Å²) in [5.41, 5.74) is 4.79. The van der Waals surface area contributed by atoms with E-state index < -0.39 is 17.8 Å². The summed E-state index contributed by atoms with van der Waals surface area (Å²) in [4.78, 5) is 26.3. The van der Waals surface area contributed by atoms with E-state index in [0.717, 1.165) is 10.4 Å². The second-order valence-electron chi connectivity index (χ2n) is 6.69. The van der Waals surface area contributed by atoms with Gasteiger partial charge in [-0.1, -0.05) is 20.8 Å². The quantitative estimate of drug-likeness (QED) is 0.584. The average Bonchev–Trinajstić information content (AvgIpc) is 2.72. The van der Waals surface area contributed by atoms with E-state index in [2.05, 4.69) is 10.1 Å². The van der Waals surface area contributed by atoms with Gasteiger partial charge in [0.1, 0.15) is 5.60 Å². The molecule has 0 atom stereocenters. The average molecular weight is 310 g/mol. The van der Waals surface area contributed by atoms with Gasteiger partial charge in [0.25, 0.3) is 0 Å². The van der Waals surface area contributed by atoms with Gasteiger partial charge in [-0.3, -0.25) is 0 Å². The molecule has 8 nitrogen and oxygen atoms in total. The van der Waals surface area contributed by atoms with Crippen LogP contribution in [-0.4, -0.2) is 33.6 Å². The van der Waals surface area contributed by atoms with E-state index in [1.165, 1.54) is 6.20 Å². The third kappa shape index (κ3) is 5.55. The number of hydrogen-bond acceptors (Lipinski definition) is 5. The molecule has 8 heteroatoms. The van der Waals surface area contributed by atoms with Crippen molar-refractivity contribution in [1.29, 1.82) is 0 Å². The first-order valence-electron chi connectivity index (χ1n) is 6.74. The molecule has 0 radical (unpaired) electrons. The highest BCUT2D eigenvalue weighted by Gasteiger charge is 2.21. The van der Waals surface area contributed by atoms with Gasteiger partial charge in [0.05, 0.1) is 5.69 Å². The normalized spacial score (nSPS) is 12.9. The lowest BCUT2D eigenvalue weighted by Crippen LogP contribution is -2.28. The number of carbonyl (C=O) groups is 2. The van der Waals surface area contributed by atoms with Gasteiger partial charge < -0.3 is 15.2 Å². The van der Waals surface area contributed by atoms with Crippen LogP contribution >= 0.6 is 0 Å². The lowest BCUT2D eigenvalue weighted by molar-refractivity contribution is 0.0600. The van der Waals surface area contributed by atoms with Gasteiger partial charge in [0.2, 0.25) is 0 Å². The molecule has 0 spiro atoms. The number of aromatic nitrogens is 2. The van der Waals surface area contributed by atoms with E-state index in [1.54, 1.807) is 26.8 Å². The molecule has 0 unspecified atom stereocenters. The minimum absolute atomic E-state index is 0.213. The summed E-state index contributed by atoms with van der Waals surface area (Å²) < 4.78 is 10.9. The Balaban J connectivity index is 3.10. The molecule has 0 aliphatic carbocycles. The Morgan fingerprint density at radius 2 is 1.82 bits per heavy atom. The Labute approximate surface area is 129 Å². The lowest BCUT2D eigenvalue weighted by Gasteiger charge is -2.17. The fourth-order valence-corrected chi connectivity index (χ4v) is 1.40. The summed E-state index contributed by atoms with van der Waals surface area (Å²) in [6.07, 6.45) is -0.487. The van der Waals surface area contributed by atoms with Crippen molar-refractivity contribution in [2.75, 3.05) is 0 Å². The number of carbonyl (C=O) groups excluding carboxylic acids is 2. The first kappa shape index (κ1) is 17.7. The van der Waals surface area contributed by atoms with Gasteiger partial charge in [0, 0.05) is 11.6 Å². The van der Waals surface area contributed by atoms with E-state index in [0.29, 0.717) is 0 Å². The molecule has 22 heavy (non-hydrogen) atoms. The van der Waals surface area contributed by atoms with E-state index >= 15 is 0 Å².